The van der Waals surface area contributed by atoms with Crippen molar-refractivity contribution < 1.29 is 23.9 Å². The smallest absolute Gasteiger partial charge is 0.338 e. The number of imide groups is 1. The highest BCUT2D eigenvalue weighted by Gasteiger charge is 2.39. The summed E-state index contributed by atoms with van der Waals surface area (Å²) < 4.78 is 5.23. The number of anilines is 2. The van der Waals surface area contributed by atoms with E-state index < -0.39 is 17.8 Å². The Labute approximate surface area is 231 Å². The molecular weight excluding hydrogens is 518 g/mol. The first-order valence-corrected chi connectivity index (χ1v) is 13.0. The first-order chi connectivity index (χ1) is 18.8. The van der Waals surface area contributed by atoms with Crippen LogP contribution in [0.5, 0.6) is 0 Å². The normalized spacial score (nSPS) is 13.9. The van der Waals surface area contributed by atoms with Gasteiger partial charge >= 0.3 is 5.97 Å². The van der Waals surface area contributed by atoms with E-state index in [2.05, 4.69) is 10.6 Å². The molecule has 0 fully saturated rings. The van der Waals surface area contributed by atoms with E-state index in [1.54, 1.807) is 36.4 Å². The standard InChI is InChI=1S/C30H28ClN3O5/c1-3-4-16-39-30(38)22-13-9-15-24(18-22)34-28(36)25(31)26(29(34)37)33-23-14-8-12-21(17-23)27(35)32-19(2)20-10-6-5-7-11-20/h5-15,17-19,33H,3-4,16H2,1-2H3,(H,32,35). The molecule has 0 aliphatic carbocycles. The van der Waals surface area contributed by atoms with Crippen LogP contribution in [0.3, 0.4) is 0 Å². The van der Waals surface area contributed by atoms with Crippen molar-refractivity contribution in [3.63, 3.8) is 0 Å². The van der Waals surface area contributed by atoms with Gasteiger partial charge in [0.15, 0.2) is 0 Å². The van der Waals surface area contributed by atoms with Gasteiger partial charge in [0.05, 0.1) is 23.9 Å². The van der Waals surface area contributed by atoms with Gasteiger partial charge in [-0.2, -0.15) is 0 Å². The molecule has 9 heteroatoms. The molecule has 1 unspecified atom stereocenters. The fraction of sp³-hybridized carbons (Fsp3) is 0.200. The molecule has 3 aromatic carbocycles. The summed E-state index contributed by atoms with van der Waals surface area (Å²) in [6.45, 7) is 4.15. The van der Waals surface area contributed by atoms with Crippen molar-refractivity contribution in [2.75, 3.05) is 16.8 Å². The number of carbonyl (C=O) groups is 4. The van der Waals surface area contributed by atoms with Crippen LogP contribution >= 0.6 is 11.6 Å². The Morgan fingerprint density at radius 1 is 0.923 bits per heavy atom. The number of halogens is 1. The fourth-order valence-electron chi connectivity index (χ4n) is 4.00. The second-order valence-electron chi connectivity index (χ2n) is 8.99. The predicted molar refractivity (Wildman–Crippen MR) is 149 cm³/mol. The van der Waals surface area contributed by atoms with Gasteiger partial charge in [0, 0.05) is 11.3 Å². The lowest BCUT2D eigenvalue weighted by atomic mass is 10.1. The maximum Gasteiger partial charge on any atom is 0.338 e. The number of ether oxygens (including phenoxy) is 1. The number of nitrogens with one attached hydrogen (secondary N) is 2. The Bertz CT molecular complexity index is 1440. The molecule has 200 valence electrons. The van der Waals surface area contributed by atoms with Crippen LogP contribution in [0.15, 0.2) is 89.6 Å². The SMILES string of the molecule is CCCCOC(=O)c1cccc(N2C(=O)C(Cl)=C(Nc3cccc(C(=O)NC(C)c4ccccc4)c3)C2=O)c1. The van der Waals surface area contributed by atoms with E-state index in [9.17, 15) is 19.2 Å². The number of rotatable bonds is 10. The first kappa shape index (κ1) is 27.6. The number of hydrogen-bond donors (Lipinski definition) is 2. The lowest BCUT2D eigenvalue weighted by Gasteiger charge is -2.16. The summed E-state index contributed by atoms with van der Waals surface area (Å²) in [5.41, 5.74) is 2.00. The van der Waals surface area contributed by atoms with Gasteiger partial charge in [-0.05, 0) is 55.3 Å². The average molecular weight is 546 g/mol. The molecule has 0 radical (unpaired) electrons. The summed E-state index contributed by atoms with van der Waals surface area (Å²) in [6.07, 6.45) is 1.61. The summed E-state index contributed by atoms with van der Waals surface area (Å²) in [5.74, 6) is -2.26. The van der Waals surface area contributed by atoms with Gasteiger partial charge in [0.1, 0.15) is 10.7 Å². The van der Waals surface area contributed by atoms with Crippen molar-refractivity contribution in [2.24, 2.45) is 0 Å². The third kappa shape index (κ3) is 6.35. The lowest BCUT2D eigenvalue weighted by Crippen LogP contribution is -2.32. The number of benzene rings is 3. The number of esters is 1. The molecule has 0 spiro atoms. The minimum Gasteiger partial charge on any atom is -0.462 e. The molecule has 3 amide bonds. The van der Waals surface area contributed by atoms with E-state index in [0.717, 1.165) is 23.3 Å². The van der Waals surface area contributed by atoms with E-state index in [1.807, 2.05) is 44.2 Å². The fourth-order valence-corrected chi connectivity index (χ4v) is 4.21. The summed E-state index contributed by atoms with van der Waals surface area (Å²) >= 11 is 6.28. The van der Waals surface area contributed by atoms with Gasteiger partial charge in [-0.15, -0.1) is 0 Å². The van der Waals surface area contributed by atoms with Crippen molar-refractivity contribution in [1.82, 2.24) is 5.32 Å². The highest BCUT2D eigenvalue weighted by atomic mass is 35.5. The van der Waals surface area contributed by atoms with Crippen LogP contribution in [0.2, 0.25) is 0 Å². The number of unbranched alkanes of at least 4 members (excludes halogenated alkanes) is 1. The van der Waals surface area contributed by atoms with E-state index in [1.165, 1.54) is 12.1 Å². The number of amides is 3. The highest BCUT2D eigenvalue weighted by Crippen LogP contribution is 2.31. The maximum atomic E-state index is 13.2. The second-order valence-corrected chi connectivity index (χ2v) is 9.36. The van der Waals surface area contributed by atoms with Crippen molar-refractivity contribution in [3.8, 4) is 0 Å². The van der Waals surface area contributed by atoms with Gasteiger partial charge in [0.25, 0.3) is 17.7 Å². The highest BCUT2D eigenvalue weighted by molar-refractivity contribution is 6.53. The molecule has 1 aliphatic heterocycles. The van der Waals surface area contributed by atoms with Crippen LogP contribution in [0.1, 0.15) is 59.0 Å². The third-order valence-electron chi connectivity index (χ3n) is 6.14. The number of hydrogen-bond acceptors (Lipinski definition) is 6. The van der Waals surface area contributed by atoms with E-state index >= 15 is 0 Å². The van der Waals surface area contributed by atoms with Gasteiger partial charge in [0.2, 0.25) is 0 Å². The minimum absolute atomic E-state index is 0.132. The first-order valence-electron chi connectivity index (χ1n) is 12.6. The minimum atomic E-state index is -0.730. The third-order valence-corrected chi connectivity index (χ3v) is 6.49. The van der Waals surface area contributed by atoms with Gasteiger partial charge in [-0.3, -0.25) is 14.4 Å². The quantitative estimate of drug-likeness (QED) is 0.196. The molecule has 0 bridgehead atoms. The van der Waals surface area contributed by atoms with Crippen LogP contribution in [0.25, 0.3) is 0 Å². The van der Waals surface area contributed by atoms with Crippen LogP contribution in [0.4, 0.5) is 11.4 Å². The molecule has 1 atom stereocenters. The molecular formula is C30H28ClN3O5. The van der Waals surface area contributed by atoms with Crippen LogP contribution in [-0.2, 0) is 14.3 Å². The van der Waals surface area contributed by atoms with Crippen LogP contribution in [0, 0.1) is 0 Å². The molecule has 39 heavy (non-hydrogen) atoms. The zero-order chi connectivity index (χ0) is 27.9. The zero-order valence-electron chi connectivity index (χ0n) is 21.6. The van der Waals surface area contributed by atoms with Crippen LogP contribution in [-0.4, -0.2) is 30.3 Å². The predicted octanol–water partition coefficient (Wildman–Crippen LogP) is 5.57. The summed E-state index contributed by atoms with van der Waals surface area (Å²) in [6, 6.07) is 21.9. The molecule has 0 aromatic heterocycles. The molecule has 4 rings (SSSR count). The summed E-state index contributed by atoms with van der Waals surface area (Å²) in [7, 11) is 0. The topological polar surface area (TPSA) is 105 Å². The number of nitrogens with zero attached hydrogens (tertiary/aromatic N) is 1. The Morgan fingerprint density at radius 2 is 1.64 bits per heavy atom. The van der Waals surface area contributed by atoms with Gasteiger partial charge < -0.3 is 15.4 Å². The molecule has 0 saturated heterocycles. The molecule has 3 aromatic rings. The Morgan fingerprint density at radius 3 is 2.38 bits per heavy atom. The van der Waals surface area contributed by atoms with E-state index in [4.69, 9.17) is 16.3 Å². The van der Waals surface area contributed by atoms with Crippen molar-refractivity contribution >= 4 is 46.7 Å². The van der Waals surface area contributed by atoms with E-state index in [0.29, 0.717) is 11.3 Å². The Balaban J connectivity index is 1.48. The van der Waals surface area contributed by atoms with Gasteiger partial charge in [-0.25, -0.2) is 9.69 Å². The number of carbonyl (C=O) groups excluding carboxylic acids is 4. The summed E-state index contributed by atoms with van der Waals surface area (Å²) in [5, 5.41) is 5.53. The van der Waals surface area contributed by atoms with Gasteiger partial charge in [-0.1, -0.05) is 67.4 Å². The van der Waals surface area contributed by atoms with Crippen molar-refractivity contribution in [2.45, 2.75) is 32.7 Å². The molecule has 8 nitrogen and oxygen atoms in total. The molecule has 0 saturated carbocycles. The second kappa shape index (κ2) is 12.4. The Hall–Kier alpha value is -4.43. The Kier molecular flexibility index (Phi) is 8.78. The monoisotopic (exact) mass is 545 g/mol. The molecule has 1 heterocycles. The van der Waals surface area contributed by atoms with Crippen LogP contribution < -0.4 is 15.5 Å². The largest absolute Gasteiger partial charge is 0.462 e. The van der Waals surface area contributed by atoms with Crippen molar-refractivity contribution in [3.05, 3.63) is 106 Å². The molecule has 2 N–H and O–H groups in total. The average Bonchev–Trinajstić information content (AvgIpc) is 3.16. The molecule has 1 aliphatic rings. The van der Waals surface area contributed by atoms with Crippen molar-refractivity contribution in [1.29, 1.82) is 0 Å². The lowest BCUT2D eigenvalue weighted by molar-refractivity contribution is -0.120. The zero-order valence-corrected chi connectivity index (χ0v) is 22.3. The maximum absolute atomic E-state index is 13.2. The summed E-state index contributed by atoms with van der Waals surface area (Å²) in [4.78, 5) is 52.3. The van der Waals surface area contributed by atoms with E-state index in [-0.39, 0.29) is 40.5 Å².